The van der Waals surface area contributed by atoms with E-state index in [1.165, 1.54) is 0 Å². The molecule has 30 heavy (non-hydrogen) atoms. The van der Waals surface area contributed by atoms with Crippen molar-refractivity contribution < 1.29 is 4.79 Å². The number of aromatic nitrogens is 2. The van der Waals surface area contributed by atoms with Gasteiger partial charge in [-0.3, -0.25) is 14.6 Å². The summed E-state index contributed by atoms with van der Waals surface area (Å²) >= 11 is 0. The molecule has 0 atom stereocenters. The molecule has 1 amide bonds. The highest BCUT2D eigenvalue weighted by Crippen LogP contribution is 2.20. The van der Waals surface area contributed by atoms with Crippen LogP contribution in [0.3, 0.4) is 0 Å². The SMILES string of the molecule is Cc1ccc2cc(CN(Cc3ccccc3)C(=O)c3ccncc3)c(=O)[nH]c2c1C. The Bertz CT molecular complexity index is 1250. The van der Waals surface area contributed by atoms with Crippen molar-refractivity contribution in [2.75, 3.05) is 0 Å². The first kappa shape index (κ1) is 19.6. The lowest BCUT2D eigenvalue weighted by atomic mass is 10.0. The molecule has 0 aliphatic heterocycles. The van der Waals surface area contributed by atoms with Crippen LogP contribution in [0, 0.1) is 13.8 Å². The van der Waals surface area contributed by atoms with Gasteiger partial charge < -0.3 is 9.88 Å². The minimum Gasteiger partial charge on any atom is -0.330 e. The van der Waals surface area contributed by atoms with Crippen LogP contribution < -0.4 is 5.56 Å². The Morgan fingerprint density at radius 1 is 0.967 bits per heavy atom. The molecule has 0 bridgehead atoms. The average Bonchev–Trinajstić information content (AvgIpc) is 2.78. The van der Waals surface area contributed by atoms with Crippen molar-refractivity contribution >= 4 is 16.8 Å². The molecule has 2 aromatic heterocycles. The van der Waals surface area contributed by atoms with Gasteiger partial charge in [0.25, 0.3) is 11.5 Å². The predicted molar refractivity (Wildman–Crippen MR) is 118 cm³/mol. The lowest BCUT2D eigenvalue weighted by Crippen LogP contribution is -2.32. The van der Waals surface area contributed by atoms with E-state index in [0.717, 1.165) is 27.6 Å². The molecule has 150 valence electrons. The van der Waals surface area contributed by atoms with E-state index in [1.807, 2.05) is 62.4 Å². The molecular formula is C25H23N3O2. The average molecular weight is 397 g/mol. The number of hydrogen-bond donors (Lipinski definition) is 1. The van der Waals surface area contributed by atoms with Crippen LogP contribution in [-0.4, -0.2) is 20.8 Å². The Kier molecular flexibility index (Phi) is 5.44. The number of H-pyrrole nitrogens is 1. The third kappa shape index (κ3) is 4.01. The van der Waals surface area contributed by atoms with Crippen LogP contribution in [0.25, 0.3) is 10.9 Å². The van der Waals surface area contributed by atoms with Gasteiger partial charge >= 0.3 is 0 Å². The van der Waals surface area contributed by atoms with E-state index in [-0.39, 0.29) is 18.0 Å². The summed E-state index contributed by atoms with van der Waals surface area (Å²) in [5.74, 6) is -0.138. The summed E-state index contributed by atoms with van der Waals surface area (Å²) in [7, 11) is 0. The van der Waals surface area contributed by atoms with E-state index < -0.39 is 0 Å². The van der Waals surface area contributed by atoms with Crippen molar-refractivity contribution in [1.29, 1.82) is 0 Å². The highest BCUT2D eigenvalue weighted by Gasteiger charge is 2.18. The van der Waals surface area contributed by atoms with Crippen molar-refractivity contribution in [1.82, 2.24) is 14.9 Å². The van der Waals surface area contributed by atoms with Crippen molar-refractivity contribution in [3.8, 4) is 0 Å². The molecule has 1 N–H and O–H groups in total. The van der Waals surface area contributed by atoms with E-state index in [1.54, 1.807) is 29.4 Å². The normalized spacial score (nSPS) is 10.9. The van der Waals surface area contributed by atoms with Gasteiger partial charge in [-0.15, -0.1) is 0 Å². The summed E-state index contributed by atoms with van der Waals surface area (Å²) in [6, 6.07) is 19.1. The minimum absolute atomic E-state index is 0.138. The Morgan fingerprint density at radius 2 is 1.70 bits per heavy atom. The van der Waals surface area contributed by atoms with Crippen molar-refractivity contribution in [3.63, 3.8) is 0 Å². The number of fused-ring (bicyclic) bond motifs is 1. The fraction of sp³-hybridized carbons (Fsp3) is 0.160. The van der Waals surface area contributed by atoms with Gasteiger partial charge in [0.1, 0.15) is 0 Å². The van der Waals surface area contributed by atoms with Gasteiger partial charge in [0, 0.05) is 30.1 Å². The Labute approximate surface area is 175 Å². The van der Waals surface area contributed by atoms with Gasteiger partial charge in [-0.2, -0.15) is 0 Å². The van der Waals surface area contributed by atoms with E-state index in [2.05, 4.69) is 9.97 Å². The number of aryl methyl sites for hydroxylation is 2. The summed E-state index contributed by atoms with van der Waals surface area (Å²) in [6.45, 7) is 4.65. The minimum atomic E-state index is -0.170. The second-order valence-corrected chi connectivity index (χ2v) is 7.48. The number of pyridine rings is 2. The number of aromatic amines is 1. The zero-order valence-electron chi connectivity index (χ0n) is 17.1. The maximum Gasteiger partial charge on any atom is 0.254 e. The van der Waals surface area contributed by atoms with Gasteiger partial charge in [-0.1, -0.05) is 42.5 Å². The summed E-state index contributed by atoms with van der Waals surface area (Å²) < 4.78 is 0. The smallest absolute Gasteiger partial charge is 0.254 e. The zero-order valence-corrected chi connectivity index (χ0v) is 17.1. The maximum atomic E-state index is 13.2. The monoisotopic (exact) mass is 397 g/mol. The predicted octanol–water partition coefficient (Wildman–Crippen LogP) is 4.38. The van der Waals surface area contributed by atoms with Crippen LogP contribution in [0.4, 0.5) is 0 Å². The van der Waals surface area contributed by atoms with Crippen LogP contribution in [0.5, 0.6) is 0 Å². The summed E-state index contributed by atoms with van der Waals surface area (Å²) in [6.07, 6.45) is 3.20. The van der Waals surface area contributed by atoms with Gasteiger partial charge in [-0.05, 0) is 54.1 Å². The molecule has 0 fully saturated rings. The highest BCUT2D eigenvalue weighted by atomic mass is 16.2. The molecule has 0 saturated heterocycles. The number of nitrogens with one attached hydrogen (secondary N) is 1. The van der Waals surface area contributed by atoms with E-state index >= 15 is 0 Å². The van der Waals surface area contributed by atoms with Crippen molar-refractivity contribution in [2.24, 2.45) is 0 Å². The molecule has 5 nitrogen and oxygen atoms in total. The number of carbonyl (C=O) groups is 1. The first-order valence-electron chi connectivity index (χ1n) is 9.88. The number of nitrogens with zero attached hydrogens (tertiary/aromatic N) is 2. The molecule has 0 aliphatic carbocycles. The third-order valence-electron chi connectivity index (χ3n) is 5.42. The lowest BCUT2D eigenvalue weighted by molar-refractivity contribution is 0.0729. The van der Waals surface area contributed by atoms with Crippen molar-refractivity contribution in [2.45, 2.75) is 26.9 Å². The number of benzene rings is 2. The van der Waals surface area contributed by atoms with Crippen LogP contribution in [0.1, 0.15) is 32.6 Å². The van der Waals surface area contributed by atoms with Crippen LogP contribution in [0.15, 0.2) is 77.9 Å². The second kappa shape index (κ2) is 8.33. The van der Waals surface area contributed by atoms with Crippen LogP contribution in [-0.2, 0) is 13.1 Å². The molecule has 0 saturated carbocycles. The van der Waals surface area contributed by atoms with Gasteiger partial charge in [-0.25, -0.2) is 0 Å². The molecule has 2 aromatic carbocycles. The quantitative estimate of drug-likeness (QED) is 0.543. The lowest BCUT2D eigenvalue weighted by Gasteiger charge is -2.23. The number of carbonyl (C=O) groups excluding carboxylic acids is 1. The van der Waals surface area contributed by atoms with Gasteiger partial charge in [0.15, 0.2) is 0 Å². The topological polar surface area (TPSA) is 66.1 Å². The Morgan fingerprint density at radius 3 is 2.43 bits per heavy atom. The fourth-order valence-electron chi connectivity index (χ4n) is 3.57. The van der Waals surface area contributed by atoms with Gasteiger partial charge in [0.2, 0.25) is 0 Å². The van der Waals surface area contributed by atoms with Crippen molar-refractivity contribution in [3.05, 3.63) is 111 Å². The van der Waals surface area contributed by atoms with E-state index in [9.17, 15) is 9.59 Å². The molecular weight excluding hydrogens is 374 g/mol. The first-order valence-corrected chi connectivity index (χ1v) is 9.88. The molecule has 0 unspecified atom stereocenters. The number of amides is 1. The van der Waals surface area contributed by atoms with Gasteiger partial charge in [0.05, 0.1) is 12.1 Å². The highest BCUT2D eigenvalue weighted by molar-refractivity contribution is 5.94. The summed E-state index contributed by atoms with van der Waals surface area (Å²) in [4.78, 5) is 34.8. The van der Waals surface area contributed by atoms with E-state index in [4.69, 9.17) is 0 Å². The zero-order chi connectivity index (χ0) is 21.1. The summed E-state index contributed by atoms with van der Waals surface area (Å²) in [5.41, 5.74) is 4.97. The third-order valence-corrected chi connectivity index (χ3v) is 5.42. The molecule has 5 heteroatoms. The summed E-state index contributed by atoms with van der Waals surface area (Å²) in [5, 5.41) is 0.962. The molecule has 4 aromatic rings. The molecule has 2 heterocycles. The van der Waals surface area contributed by atoms with E-state index in [0.29, 0.717) is 17.7 Å². The molecule has 0 spiro atoms. The number of hydrogen-bond acceptors (Lipinski definition) is 3. The molecule has 4 rings (SSSR count). The Hall–Kier alpha value is -3.73. The standard InChI is InChI=1S/C25H23N3O2/c1-17-8-9-21-14-22(24(29)27-23(21)18(17)2)16-28(15-19-6-4-3-5-7-19)25(30)20-10-12-26-13-11-20/h3-14H,15-16H2,1-2H3,(H,27,29). The number of rotatable bonds is 5. The molecule has 0 aliphatic rings. The second-order valence-electron chi connectivity index (χ2n) is 7.48. The fourth-order valence-corrected chi connectivity index (χ4v) is 3.57. The molecule has 0 radical (unpaired) electrons. The largest absolute Gasteiger partial charge is 0.330 e. The first-order chi connectivity index (χ1) is 14.5. The van der Waals surface area contributed by atoms with Crippen LogP contribution >= 0.6 is 0 Å². The van der Waals surface area contributed by atoms with Crippen LogP contribution in [0.2, 0.25) is 0 Å². The Balaban J connectivity index is 1.72. The maximum absolute atomic E-state index is 13.2.